The lowest BCUT2D eigenvalue weighted by molar-refractivity contribution is -0.139. The Morgan fingerprint density at radius 2 is 1.84 bits per heavy atom. The molecule has 2 bridgehead atoms. The van der Waals surface area contributed by atoms with Crippen molar-refractivity contribution in [1.29, 1.82) is 10.5 Å². The second-order valence-electron chi connectivity index (χ2n) is 8.99. The van der Waals surface area contributed by atoms with Gasteiger partial charge in [0.1, 0.15) is 5.60 Å². The van der Waals surface area contributed by atoms with Gasteiger partial charge in [0.25, 0.3) is 0 Å². The van der Waals surface area contributed by atoms with E-state index in [-0.39, 0.29) is 31.0 Å². The molecular weight excluding hydrogens is 394 g/mol. The summed E-state index contributed by atoms with van der Waals surface area (Å²) in [5, 5.41) is 20.0. The fourth-order valence-electron chi connectivity index (χ4n) is 4.18. The van der Waals surface area contributed by atoms with E-state index in [4.69, 9.17) is 9.47 Å². The fraction of sp³-hybridized carbons (Fsp3) is 0.583. The first-order chi connectivity index (χ1) is 14.5. The van der Waals surface area contributed by atoms with Gasteiger partial charge in [0.15, 0.2) is 12.0 Å². The van der Waals surface area contributed by atoms with Crippen LogP contribution in [0.25, 0.3) is 0 Å². The minimum absolute atomic E-state index is 0.0250. The third-order valence-corrected chi connectivity index (χ3v) is 5.40. The third-order valence-electron chi connectivity index (χ3n) is 5.40. The van der Waals surface area contributed by atoms with Gasteiger partial charge in [-0.15, -0.1) is 0 Å². The summed E-state index contributed by atoms with van der Waals surface area (Å²) in [5.74, 6) is 4.70. The van der Waals surface area contributed by atoms with E-state index in [1.165, 1.54) is 6.92 Å². The number of amides is 1. The second-order valence-corrected chi connectivity index (χ2v) is 8.99. The summed E-state index contributed by atoms with van der Waals surface area (Å²) in [6.07, 6.45) is 2.88. The zero-order chi connectivity index (χ0) is 23.4. The van der Waals surface area contributed by atoms with Gasteiger partial charge >= 0.3 is 12.1 Å². The zero-order valence-corrected chi connectivity index (χ0v) is 18.8. The molecule has 2 rings (SSSR count). The third kappa shape index (κ3) is 5.28. The van der Waals surface area contributed by atoms with E-state index >= 15 is 0 Å². The summed E-state index contributed by atoms with van der Waals surface area (Å²) in [6, 6.07) is 3.83. The highest BCUT2D eigenvalue weighted by molar-refractivity contribution is 5.71. The Morgan fingerprint density at radius 3 is 2.35 bits per heavy atom. The van der Waals surface area contributed by atoms with Crippen LogP contribution in [0.15, 0.2) is 23.8 Å². The molecule has 7 nitrogen and oxygen atoms in total. The Hall–Kier alpha value is -3.24. The second kappa shape index (κ2) is 9.27. The lowest BCUT2D eigenvalue weighted by atomic mass is 9.68. The highest BCUT2D eigenvalue weighted by atomic mass is 16.6. The first kappa shape index (κ1) is 24.0. The maximum Gasteiger partial charge on any atom is 0.411 e. The Kier molecular flexibility index (Phi) is 7.19. The molecule has 0 N–H and O–H groups in total. The molecule has 1 saturated heterocycles. The van der Waals surface area contributed by atoms with E-state index in [1.807, 2.05) is 33.8 Å². The molecule has 1 amide bonds. The van der Waals surface area contributed by atoms with Gasteiger partial charge in [0.2, 0.25) is 0 Å². The van der Waals surface area contributed by atoms with Gasteiger partial charge in [-0.2, -0.15) is 10.5 Å². The molecule has 0 aliphatic carbocycles. The smallest absolute Gasteiger partial charge is 0.411 e. The SMILES string of the molecule is C=C(C)[C@@H]1C(C(C#N)(C#N)CC#CCOC(C)=O)=C[C@H]2CC[C@@H]1N2C(=O)OC(C)(C)C. The number of rotatable bonds is 4. The Morgan fingerprint density at radius 1 is 1.19 bits per heavy atom. The first-order valence-electron chi connectivity index (χ1n) is 10.3. The number of hydrogen-bond acceptors (Lipinski definition) is 6. The molecule has 2 aliphatic heterocycles. The van der Waals surface area contributed by atoms with Gasteiger partial charge in [-0.05, 0) is 46.1 Å². The number of ether oxygens (including phenoxy) is 2. The molecule has 0 radical (unpaired) electrons. The van der Waals surface area contributed by atoms with E-state index in [0.717, 1.165) is 18.4 Å². The maximum atomic E-state index is 12.9. The molecule has 0 unspecified atom stereocenters. The molecule has 2 aliphatic rings. The van der Waals surface area contributed by atoms with Crippen molar-refractivity contribution in [1.82, 2.24) is 4.90 Å². The van der Waals surface area contributed by atoms with Crippen LogP contribution in [0.3, 0.4) is 0 Å². The van der Waals surface area contributed by atoms with Crippen molar-refractivity contribution < 1.29 is 19.1 Å². The lowest BCUT2D eigenvalue weighted by Gasteiger charge is -2.43. The lowest BCUT2D eigenvalue weighted by Crippen LogP contribution is -2.51. The Labute approximate surface area is 184 Å². The molecule has 0 spiro atoms. The van der Waals surface area contributed by atoms with Crippen LogP contribution in [0.4, 0.5) is 4.79 Å². The molecule has 3 atom stereocenters. The van der Waals surface area contributed by atoms with Crippen LogP contribution < -0.4 is 0 Å². The van der Waals surface area contributed by atoms with Crippen molar-refractivity contribution in [3.63, 3.8) is 0 Å². The van der Waals surface area contributed by atoms with Crippen molar-refractivity contribution in [2.24, 2.45) is 11.3 Å². The summed E-state index contributed by atoms with van der Waals surface area (Å²) < 4.78 is 10.4. The summed E-state index contributed by atoms with van der Waals surface area (Å²) >= 11 is 0. The van der Waals surface area contributed by atoms with Gasteiger partial charge in [-0.3, -0.25) is 9.69 Å². The number of fused-ring (bicyclic) bond motifs is 2. The fourth-order valence-corrected chi connectivity index (χ4v) is 4.18. The monoisotopic (exact) mass is 423 g/mol. The average molecular weight is 424 g/mol. The normalized spacial score (nSPS) is 22.2. The predicted octanol–water partition coefficient (Wildman–Crippen LogP) is 3.88. The van der Waals surface area contributed by atoms with Gasteiger partial charge in [0.05, 0.1) is 18.2 Å². The van der Waals surface area contributed by atoms with Crippen molar-refractivity contribution in [2.75, 3.05) is 6.61 Å². The molecule has 0 aromatic rings. The van der Waals surface area contributed by atoms with Crippen LogP contribution in [0, 0.1) is 45.8 Å². The standard InChI is InChI=1S/C24H29N3O4/c1-16(2)21-19(24(14-25,15-26)11-7-8-12-30-17(3)28)13-18-9-10-20(21)27(18)22(29)31-23(4,5)6/h13,18,20-21H,1,9-12H2,2-6H3/t18-,20+,21-/m1/s1. The number of nitrogens with zero attached hydrogens (tertiary/aromatic N) is 3. The van der Waals surface area contributed by atoms with Gasteiger partial charge in [0, 0.05) is 25.3 Å². The summed E-state index contributed by atoms with van der Waals surface area (Å²) in [6.45, 7) is 12.6. The Balaban J connectivity index is 2.41. The van der Waals surface area contributed by atoms with Crippen LogP contribution in [0.1, 0.15) is 53.9 Å². The van der Waals surface area contributed by atoms with Crippen molar-refractivity contribution in [3.8, 4) is 24.0 Å². The average Bonchev–Trinajstić information content (AvgIpc) is 2.96. The highest BCUT2D eigenvalue weighted by Gasteiger charge is 2.52. The number of esters is 1. The molecule has 0 saturated carbocycles. The minimum atomic E-state index is -1.48. The molecule has 0 aromatic carbocycles. The quantitative estimate of drug-likeness (QED) is 0.386. The number of carbonyl (C=O) groups excluding carboxylic acids is 2. The molecule has 164 valence electrons. The van der Waals surface area contributed by atoms with E-state index in [2.05, 4.69) is 30.6 Å². The summed E-state index contributed by atoms with van der Waals surface area (Å²) in [4.78, 5) is 25.5. The van der Waals surface area contributed by atoms with Crippen LogP contribution in [-0.2, 0) is 14.3 Å². The van der Waals surface area contributed by atoms with Gasteiger partial charge in [-0.1, -0.05) is 30.1 Å². The van der Waals surface area contributed by atoms with Crippen LogP contribution >= 0.6 is 0 Å². The number of hydrogen-bond donors (Lipinski definition) is 0. The van der Waals surface area contributed by atoms with Crippen LogP contribution in [0.2, 0.25) is 0 Å². The van der Waals surface area contributed by atoms with Crippen molar-refractivity contribution >= 4 is 12.1 Å². The molecule has 7 heteroatoms. The van der Waals surface area contributed by atoms with Crippen LogP contribution in [-0.4, -0.2) is 41.3 Å². The zero-order valence-electron chi connectivity index (χ0n) is 18.8. The molecule has 1 fully saturated rings. The van der Waals surface area contributed by atoms with Crippen molar-refractivity contribution in [2.45, 2.75) is 71.6 Å². The topological polar surface area (TPSA) is 103 Å². The molecule has 2 heterocycles. The molecular formula is C24H29N3O4. The summed E-state index contributed by atoms with van der Waals surface area (Å²) in [5.41, 5.74) is -0.694. The number of carbonyl (C=O) groups is 2. The van der Waals surface area contributed by atoms with E-state index in [1.54, 1.807) is 4.90 Å². The first-order valence-corrected chi connectivity index (χ1v) is 10.3. The predicted molar refractivity (Wildman–Crippen MR) is 114 cm³/mol. The largest absolute Gasteiger partial charge is 0.453 e. The van der Waals surface area contributed by atoms with Crippen molar-refractivity contribution in [3.05, 3.63) is 23.8 Å². The minimum Gasteiger partial charge on any atom is -0.453 e. The van der Waals surface area contributed by atoms with E-state index in [9.17, 15) is 20.1 Å². The van der Waals surface area contributed by atoms with Gasteiger partial charge in [-0.25, -0.2) is 4.79 Å². The highest BCUT2D eigenvalue weighted by Crippen LogP contribution is 2.49. The molecule has 31 heavy (non-hydrogen) atoms. The van der Waals surface area contributed by atoms with E-state index < -0.39 is 23.1 Å². The summed E-state index contributed by atoms with van der Waals surface area (Å²) in [7, 11) is 0. The van der Waals surface area contributed by atoms with E-state index in [0.29, 0.717) is 5.57 Å². The maximum absolute atomic E-state index is 12.9. The van der Waals surface area contributed by atoms with Gasteiger partial charge < -0.3 is 9.47 Å². The molecule has 0 aromatic heterocycles. The Bertz CT molecular complexity index is 919. The number of nitriles is 2. The van der Waals surface area contributed by atoms with Crippen LogP contribution in [0.5, 0.6) is 0 Å².